The lowest BCUT2D eigenvalue weighted by atomic mass is 10.1. The van der Waals surface area contributed by atoms with Crippen LogP contribution in [0.4, 0.5) is 0 Å². The second-order valence-corrected chi connectivity index (χ2v) is 9.51. The number of hydrogen-bond donors (Lipinski definition) is 0. The first kappa shape index (κ1) is 22.3. The molecular weight excluding hydrogens is 493 g/mol. The van der Waals surface area contributed by atoms with Crippen LogP contribution < -0.4 is 0 Å². The van der Waals surface area contributed by atoms with Crippen LogP contribution in [0.1, 0.15) is 35.8 Å². The van der Waals surface area contributed by atoms with Crippen LogP contribution in [-0.4, -0.2) is 35.6 Å². The highest BCUT2D eigenvalue weighted by Gasteiger charge is 2.20. The van der Waals surface area contributed by atoms with Crippen molar-refractivity contribution in [2.24, 2.45) is 0 Å². The molecule has 0 bridgehead atoms. The maximum atomic E-state index is 11.8. The number of rotatable bonds is 5. The molecule has 5 rings (SSSR count). The fraction of sp³-hybridized carbons (Fsp3) is 0.130. The molecule has 11 heteroatoms. The molecule has 168 valence electrons. The first-order valence-corrected chi connectivity index (χ1v) is 11.7. The van der Waals surface area contributed by atoms with Crippen molar-refractivity contribution >= 4 is 63.2 Å². The number of fused-ring (bicyclic) bond motifs is 2. The molecule has 0 N–H and O–H groups in total. The standard InChI is InChI=1S/C23H15Cl2N7OS/c1-12(2)32-11-27-30-23(32)34-22-21(28-18-6-16(24)17(25)7-19(18)29-22)31-9-14(10-33)15-5-13(8-26)3-4-20(15)31/h3-7,9-12H,1-2H3. The summed E-state index contributed by atoms with van der Waals surface area (Å²) in [5.74, 6) is 0.483. The monoisotopic (exact) mass is 507 g/mol. The summed E-state index contributed by atoms with van der Waals surface area (Å²) in [5, 5.41) is 20.1. The van der Waals surface area contributed by atoms with Crippen molar-refractivity contribution in [3.05, 3.63) is 64.0 Å². The average Bonchev–Trinajstić information content (AvgIpc) is 3.44. The summed E-state index contributed by atoms with van der Waals surface area (Å²) in [5.41, 5.74) is 2.71. The highest BCUT2D eigenvalue weighted by atomic mass is 35.5. The van der Waals surface area contributed by atoms with Gasteiger partial charge in [0.1, 0.15) is 11.4 Å². The molecule has 3 heterocycles. The second kappa shape index (κ2) is 8.72. The van der Waals surface area contributed by atoms with Crippen LogP contribution in [0, 0.1) is 11.3 Å². The normalized spacial score (nSPS) is 11.4. The third-order valence-electron chi connectivity index (χ3n) is 5.26. The van der Waals surface area contributed by atoms with E-state index in [0.717, 1.165) is 6.29 Å². The van der Waals surface area contributed by atoms with Gasteiger partial charge in [0.25, 0.3) is 0 Å². The Balaban J connectivity index is 1.79. The summed E-state index contributed by atoms with van der Waals surface area (Å²) < 4.78 is 3.71. The number of carbonyl (C=O) groups is 1. The minimum Gasteiger partial charge on any atom is -0.306 e. The number of aromatic nitrogens is 6. The van der Waals surface area contributed by atoms with Crippen LogP contribution in [0.15, 0.2) is 53.0 Å². The van der Waals surface area contributed by atoms with Crippen molar-refractivity contribution in [2.45, 2.75) is 30.1 Å². The summed E-state index contributed by atoms with van der Waals surface area (Å²) in [4.78, 5) is 21.5. The molecule has 0 unspecified atom stereocenters. The minimum absolute atomic E-state index is 0.140. The third kappa shape index (κ3) is 3.80. The first-order chi connectivity index (χ1) is 16.4. The molecule has 8 nitrogen and oxygen atoms in total. The summed E-state index contributed by atoms with van der Waals surface area (Å²) in [6.07, 6.45) is 4.10. The Bertz CT molecular complexity index is 1630. The molecule has 34 heavy (non-hydrogen) atoms. The summed E-state index contributed by atoms with van der Waals surface area (Å²) in [6, 6.07) is 10.7. The highest BCUT2D eigenvalue weighted by molar-refractivity contribution is 7.99. The Morgan fingerprint density at radius 2 is 1.85 bits per heavy atom. The zero-order valence-electron chi connectivity index (χ0n) is 17.9. The van der Waals surface area contributed by atoms with Gasteiger partial charge in [0.05, 0.1) is 38.2 Å². The topological polar surface area (TPSA) is 102 Å². The van der Waals surface area contributed by atoms with Crippen LogP contribution in [0.3, 0.4) is 0 Å². The van der Waals surface area contributed by atoms with Gasteiger partial charge in [-0.15, -0.1) is 10.2 Å². The molecule has 0 amide bonds. The largest absolute Gasteiger partial charge is 0.306 e. The molecule has 0 saturated heterocycles. The van der Waals surface area contributed by atoms with Crippen LogP contribution in [0.25, 0.3) is 27.8 Å². The molecule has 0 radical (unpaired) electrons. The van der Waals surface area contributed by atoms with Gasteiger partial charge >= 0.3 is 0 Å². The van der Waals surface area contributed by atoms with E-state index in [9.17, 15) is 10.1 Å². The summed E-state index contributed by atoms with van der Waals surface area (Å²) in [7, 11) is 0. The Labute approximate surface area is 208 Å². The van der Waals surface area contributed by atoms with E-state index in [1.165, 1.54) is 11.8 Å². The van der Waals surface area contributed by atoms with E-state index in [0.29, 0.717) is 59.1 Å². The summed E-state index contributed by atoms with van der Waals surface area (Å²) >= 11 is 13.8. The molecule has 0 aliphatic carbocycles. The quantitative estimate of drug-likeness (QED) is 0.273. The van der Waals surface area contributed by atoms with Crippen molar-refractivity contribution in [3.63, 3.8) is 0 Å². The Morgan fingerprint density at radius 1 is 1.12 bits per heavy atom. The number of nitrogens with zero attached hydrogens (tertiary/aromatic N) is 7. The Hall–Kier alpha value is -3.45. The van der Waals surface area contributed by atoms with Gasteiger partial charge < -0.3 is 4.57 Å². The van der Waals surface area contributed by atoms with E-state index >= 15 is 0 Å². The number of benzene rings is 2. The summed E-state index contributed by atoms with van der Waals surface area (Å²) in [6.45, 7) is 4.07. The van der Waals surface area contributed by atoms with E-state index in [-0.39, 0.29) is 6.04 Å². The molecular formula is C23H15Cl2N7OS. The van der Waals surface area contributed by atoms with Gasteiger partial charge in [0.2, 0.25) is 0 Å². The van der Waals surface area contributed by atoms with Crippen LogP contribution in [0.2, 0.25) is 10.0 Å². The molecule has 0 aliphatic heterocycles. The SMILES string of the molecule is CC(C)n1cnnc1Sc1nc2cc(Cl)c(Cl)cc2nc1-n1cc(C=O)c2cc(C#N)ccc21. The fourth-order valence-corrected chi connectivity index (χ4v) is 4.91. The molecule has 0 saturated carbocycles. The third-order valence-corrected chi connectivity index (χ3v) is 6.93. The number of hydrogen-bond acceptors (Lipinski definition) is 7. The molecule has 0 spiro atoms. The maximum Gasteiger partial charge on any atom is 0.197 e. The molecule has 3 aromatic heterocycles. The predicted molar refractivity (Wildman–Crippen MR) is 131 cm³/mol. The fourth-order valence-electron chi connectivity index (χ4n) is 3.59. The van der Waals surface area contributed by atoms with Gasteiger partial charge in [-0.1, -0.05) is 23.2 Å². The minimum atomic E-state index is 0.140. The van der Waals surface area contributed by atoms with Crippen molar-refractivity contribution < 1.29 is 4.79 Å². The van der Waals surface area contributed by atoms with Crippen LogP contribution >= 0.6 is 35.0 Å². The number of carbonyl (C=O) groups excluding carboxylic acids is 1. The number of nitriles is 1. The van der Waals surface area contributed by atoms with Gasteiger partial charge in [-0.25, -0.2) is 9.97 Å². The zero-order valence-corrected chi connectivity index (χ0v) is 20.2. The number of aldehydes is 1. The Kier molecular flexibility index (Phi) is 5.73. The molecule has 0 aliphatic rings. The maximum absolute atomic E-state index is 11.8. The van der Waals surface area contributed by atoms with Crippen LogP contribution in [0.5, 0.6) is 0 Å². The van der Waals surface area contributed by atoms with Gasteiger partial charge in [-0.3, -0.25) is 9.36 Å². The van der Waals surface area contributed by atoms with Gasteiger partial charge in [0.15, 0.2) is 17.3 Å². The number of halogens is 2. The van der Waals surface area contributed by atoms with E-state index in [2.05, 4.69) is 16.3 Å². The lowest BCUT2D eigenvalue weighted by molar-refractivity contribution is 0.112. The van der Waals surface area contributed by atoms with Crippen molar-refractivity contribution in [1.82, 2.24) is 29.3 Å². The average molecular weight is 508 g/mol. The smallest absolute Gasteiger partial charge is 0.197 e. The van der Waals surface area contributed by atoms with Crippen molar-refractivity contribution in [1.29, 1.82) is 5.26 Å². The van der Waals surface area contributed by atoms with Crippen molar-refractivity contribution in [3.8, 4) is 11.9 Å². The van der Waals surface area contributed by atoms with E-state index in [1.54, 1.807) is 47.4 Å². The second-order valence-electron chi connectivity index (χ2n) is 7.74. The van der Waals surface area contributed by atoms with Crippen molar-refractivity contribution in [2.75, 3.05) is 0 Å². The van der Waals surface area contributed by atoms with Gasteiger partial charge in [0, 0.05) is 23.2 Å². The van der Waals surface area contributed by atoms with Crippen LogP contribution in [-0.2, 0) is 0 Å². The lowest BCUT2D eigenvalue weighted by Crippen LogP contribution is -2.05. The molecule has 2 aromatic carbocycles. The predicted octanol–water partition coefficient (Wildman–Crippen LogP) is 5.89. The van der Waals surface area contributed by atoms with Gasteiger partial charge in [-0.05, 0) is 55.9 Å². The molecule has 5 aromatic rings. The van der Waals surface area contributed by atoms with Gasteiger partial charge in [-0.2, -0.15) is 5.26 Å². The first-order valence-electron chi connectivity index (χ1n) is 10.1. The van der Waals surface area contributed by atoms with E-state index < -0.39 is 0 Å². The molecule has 0 atom stereocenters. The highest BCUT2D eigenvalue weighted by Crippen LogP contribution is 2.35. The zero-order chi connectivity index (χ0) is 24.0. The van der Waals surface area contributed by atoms with E-state index in [1.807, 2.05) is 18.4 Å². The lowest BCUT2D eigenvalue weighted by Gasteiger charge is -2.13. The Morgan fingerprint density at radius 3 is 2.53 bits per heavy atom. The molecule has 0 fully saturated rings. The van der Waals surface area contributed by atoms with E-state index in [4.69, 9.17) is 33.2 Å².